The van der Waals surface area contributed by atoms with Gasteiger partial charge in [0, 0.05) is 10.6 Å². The number of hydrogen-bond acceptors (Lipinski definition) is 3. The van der Waals surface area contributed by atoms with E-state index >= 15 is 0 Å². The van der Waals surface area contributed by atoms with E-state index in [0.29, 0.717) is 5.02 Å². The molecule has 1 aromatic rings. The largest absolute Gasteiger partial charge is 0.290 e. The molecule has 0 radical (unpaired) electrons. The molecule has 0 saturated heterocycles. The van der Waals surface area contributed by atoms with Gasteiger partial charge in [-0.2, -0.15) is 0 Å². The van der Waals surface area contributed by atoms with Crippen molar-refractivity contribution in [3.8, 4) is 0 Å². The monoisotopic (exact) mass is 358 g/mol. The van der Waals surface area contributed by atoms with Gasteiger partial charge < -0.3 is 0 Å². The van der Waals surface area contributed by atoms with Crippen LogP contribution in [0.15, 0.2) is 24.3 Å². The quantitative estimate of drug-likeness (QED) is 0.612. The Morgan fingerprint density at radius 2 is 2.06 bits per heavy atom. The highest BCUT2D eigenvalue weighted by atomic mass is 79.9. The lowest BCUT2D eigenvalue weighted by atomic mass is 10.1. The number of benzene rings is 1. The van der Waals surface area contributed by atoms with Gasteiger partial charge in [-0.05, 0) is 28.1 Å². The second-order valence-electron chi connectivity index (χ2n) is 3.26. The van der Waals surface area contributed by atoms with Crippen LogP contribution in [0, 0.1) is 0 Å². The maximum absolute atomic E-state index is 12.0. The number of sulfone groups is 1. The summed E-state index contributed by atoms with van der Waals surface area (Å²) in [6, 6.07) is 5.95. The second-order valence-corrected chi connectivity index (χ2v) is 9.08. The van der Waals surface area contributed by atoms with Crippen LogP contribution >= 0.6 is 39.1 Å². The molecule has 0 bridgehead atoms. The fourth-order valence-electron chi connectivity index (χ4n) is 1.12. The van der Waals surface area contributed by atoms with E-state index in [1.54, 1.807) is 12.1 Å². The van der Waals surface area contributed by atoms with Crippen LogP contribution in [0.3, 0.4) is 0 Å². The maximum Gasteiger partial charge on any atom is 0.261 e. The molecule has 0 spiro atoms. The average molecular weight is 360 g/mol. The highest BCUT2D eigenvalue weighted by Crippen LogP contribution is 2.35. The summed E-state index contributed by atoms with van der Waals surface area (Å²) in [7, 11) is -3.77. The normalized spacial score (nSPS) is 15.3. The van der Waals surface area contributed by atoms with E-state index in [0.717, 1.165) is 0 Å². The Kier molecular flexibility index (Phi) is 4.63. The van der Waals surface area contributed by atoms with Crippen molar-refractivity contribution < 1.29 is 13.2 Å². The first-order chi connectivity index (χ1) is 7.72. The third-order valence-corrected chi connectivity index (χ3v) is 6.80. The Morgan fingerprint density at radius 3 is 2.53 bits per heavy atom. The van der Waals surface area contributed by atoms with Crippen LogP contribution in [0.5, 0.6) is 0 Å². The van der Waals surface area contributed by atoms with E-state index in [-0.39, 0.29) is 11.3 Å². The molecule has 0 fully saturated rings. The minimum absolute atomic E-state index is 0.140. The van der Waals surface area contributed by atoms with E-state index in [9.17, 15) is 13.2 Å². The van der Waals surface area contributed by atoms with Gasteiger partial charge in [0.15, 0.2) is 9.84 Å². The Bertz CT molecular complexity index is 540. The summed E-state index contributed by atoms with van der Waals surface area (Å²) in [6.45, 7) is 1.42. The summed E-state index contributed by atoms with van der Waals surface area (Å²) < 4.78 is 21.2. The number of alkyl halides is 2. The van der Waals surface area contributed by atoms with Crippen molar-refractivity contribution in [1.82, 2.24) is 0 Å². The summed E-state index contributed by atoms with van der Waals surface area (Å²) in [4.78, 5) is 12.0. The van der Waals surface area contributed by atoms with Crippen LogP contribution in [0.25, 0.3) is 0 Å². The lowest BCUT2D eigenvalue weighted by Gasteiger charge is -2.18. The van der Waals surface area contributed by atoms with Gasteiger partial charge in [-0.15, -0.1) is 0 Å². The lowest BCUT2D eigenvalue weighted by molar-refractivity contribution is 0.1000. The van der Waals surface area contributed by atoms with Gasteiger partial charge in [-0.3, -0.25) is 4.79 Å². The minimum Gasteiger partial charge on any atom is -0.290 e. The zero-order valence-electron chi connectivity index (χ0n) is 8.78. The average Bonchev–Trinajstić information content (AvgIpc) is 2.27. The first-order valence-corrected chi connectivity index (χ1v) is 7.83. The Hall–Kier alpha value is -0.100. The molecule has 0 aliphatic heterocycles. The predicted octanol–water partition coefficient (Wildman–Crippen LogP) is 3.24. The number of carbonyl (C=O) groups is 1. The third-order valence-electron chi connectivity index (χ3n) is 2.12. The first kappa shape index (κ1) is 15.0. The predicted molar refractivity (Wildman–Crippen MR) is 72.8 cm³/mol. The molecular formula is C10H9BrCl2O3S. The van der Waals surface area contributed by atoms with Crippen molar-refractivity contribution >= 4 is 54.8 Å². The smallest absolute Gasteiger partial charge is 0.261 e. The molecule has 0 saturated carbocycles. The molecule has 1 atom stereocenters. The molecule has 0 aliphatic rings. The van der Waals surface area contributed by atoms with Crippen molar-refractivity contribution in [3.63, 3.8) is 0 Å². The summed E-state index contributed by atoms with van der Waals surface area (Å²) in [5.41, 5.74) is 0.140. The third kappa shape index (κ3) is 3.02. The summed E-state index contributed by atoms with van der Waals surface area (Å²) >= 11 is 14.3. The van der Waals surface area contributed by atoms with Gasteiger partial charge >= 0.3 is 0 Å². The Labute approximate surface area is 118 Å². The number of halogens is 3. The van der Waals surface area contributed by atoms with Crippen LogP contribution in [0.2, 0.25) is 5.02 Å². The molecule has 0 heterocycles. The van der Waals surface area contributed by atoms with E-state index in [4.69, 9.17) is 23.2 Å². The fraction of sp³-hybridized carbons (Fsp3) is 0.300. The van der Waals surface area contributed by atoms with Crippen LogP contribution in [0.4, 0.5) is 0 Å². The highest BCUT2D eigenvalue weighted by Gasteiger charge is 2.45. The van der Waals surface area contributed by atoms with E-state index < -0.39 is 18.7 Å². The zero-order valence-corrected chi connectivity index (χ0v) is 12.7. The second kappa shape index (κ2) is 5.26. The lowest BCUT2D eigenvalue weighted by Crippen LogP contribution is -2.36. The minimum atomic E-state index is -3.77. The molecule has 0 aromatic heterocycles. The molecule has 0 aliphatic carbocycles. The van der Waals surface area contributed by atoms with Gasteiger partial charge in [0.25, 0.3) is 3.12 Å². The summed E-state index contributed by atoms with van der Waals surface area (Å²) in [5, 5.41) is 0.338. The Morgan fingerprint density at radius 1 is 1.47 bits per heavy atom. The molecule has 1 aromatic carbocycles. The van der Waals surface area contributed by atoms with Gasteiger partial charge in [-0.25, -0.2) is 8.42 Å². The van der Waals surface area contributed by atoms with Crippen LogP contribution in [0.1, 0.15) is 17.3 Å². The molecule has 7 heteroatoms. The van der Waals surface area contributed by atoms with Crippen molar-refractivity contribution in [2.75, 3.05) is 5.75 Å². The fourth-order valence-corrected chi connectivity index (χ4v) is 3.43. The van der Waals surface area contributed by atoms with E-state index in [1.807, 2.05) is 0 Å². The molecule has 94 valence electrons. The Balaban J connectivity index is 3.23. The van der Waals surface area contributed by atoms with Crippen molar-refractivity contribution in [3.05, 3.63) is 34.9 Å². The van der Waals surface area contributed by atoms with Crippen molar-refractivity contribution in [1.29, 1.82) is 0 Å². The summed E-state index contributed by atoms with van der Waals surface area (Å²) in [5.74, 6) is -0.989. The number of rotatable bonds is 4. The molecular weight excluding hydrogens is 351 g/mol. The molecule has 3 nitrogen and oxygen atoms in total. The van der Waals surface area contributed by atoms with Crippen molar-refractivity contribution in [2.45, 2.75) is 10.0 Å². The van der Waals surface area contributed by atoms with Crippen molar-refractivity contribution in [2.24, 2.45) is 0 Å². The van der Waals surface area contributed by atoms with E-state index in [2.05, 4.69) is 15.9 Å². The summed E-state index contributed by atoms with van der Waals surface area (Å²) in [6.07, 6.45) is 0. The topological polar surface area (TPSA) is 51.2 Å². The first-order valence-electron chi connectivity index (χ1n) is 4.63. The number of ketones is 1. The standard InChI is InChI=1S/C10H9BrCl2O3S/c1-2-17(15,16)10(11,13)9(14)7-4-3-5-8(12)6-7/h3-6H,2H2,1H3/t10-/m1/s1. The molecule has 0 unspecified atom stereocenters. The molecule has 17 heavy (non-hydrogen) atoms. The molecule has 0 amide bonds. The van der Waals surface area contributed by atoms with Crippen LogP contribution in [-0.4, -0.2) is 23.1 Å². The zero-order chi connectivity index (χ0) is 13.3. The van der Waals surface area contributed by atoms with E-state index in [1.165, 1.54) is 19.1 Å². The maximum atomic E-state index is 12.0. The number of Topliss-reactive ketones (excluding diaryl/α,β-unsaturated/α-hetero) is 1. The van der Waals surface area contributed by atoms with Gasteiger partial charge in [0.05, 0.1) is 5.75 Å². The van der Waals surface area contributed by atoms with Gasteiger partial charge in [-0.1, -0.05) is 42.3 Å². The molecule has 0 N–H and O–H groups in total. The van der Waals surface area contributed by atoms with Gasteiger partial charge in [0.1, 0.15) is 0 Å². The molecule has 1 rings (SSSR count). The highest BCUT2D eigenvalue weighted by molar-refractivity contribution is 9.12. The van der Waals surface area contributed by atoms with Gasteiger partial charge in [0.2, 0.25) is 5.78 Å². The number of hydrogen-bond donors (Lipinski definition) is 0. The number of carbonyl (C=O) groups excluding carboxylic acids is 1. The SMILES string of the molecule is CCS(=O)(=O)[C@@](Cl)(Br)C(=O)c1cccc(Cl)c1. The van der Waals surface area contributed by atoms with Crippen LogP contribution < -0.4 is 0 Å². The van der Waals surface area contributed by atoms with Crippen LogP contribution in [-0.2, 0) is 9.84 Å².